The van der Waals surface area contributed by atoms with E-state index < -0.39 is 69.5 Å². The van der Waals surface area contributed by atoms with Gasteiger partial charge in [-0.05, 0) is 0 Å². The van der Waals surface area contributed by atoms with Crippen LogP contribution in [0.25, 0.3) is 0 Å². The van der Waals surface area contributed by atoms with E-state index >= 15 is 0 Å². The van der Waals surface area contributed by atoms with Crippen LogP contribution in [0.1, 0.15) is 13.8 Å². The Morgan fingerprint density at radius 1 is 0.923 bits per heavy atom. The second-order valence-electron chi connectivity index (χ2n) is 5.47. The van der Waals surface area contributed by atoms with Crippen molar-refractivity contribution >= 4 is 32.2 Å². The summed E-state index contributed by atoms with van der Waals surface area (Å²) in [5.41, 5.74) is 0. The molecule has 0 aromatic carbocycles. The lowest BCUT2D eigenvalue weighted by Crippen LogP contribution is -2.62. The minimum Gasteiger partial charge on any atom is -0.457 e. The Bertz CT molecular complexity index is 727. The van der Waals surface area contributed by atoms with Gasteiger partial charge < -0.3 is 19.3 Å². The quantitative estimate of drug-likeness (QED) is 0.352. The predicted molar refractivity (Wildman–Crippen MR) is 82.5 cm³/mol. The third-order valence-corrected chi connectivity index (χ3v) is 4.08. The molecule has 0 saturated carbocycles. The molecule has 1 N–H and O–H groups in total. The molecule has 0 aromatic rings. The molecule has 12 nitrogen and oxygen atoms in total. The molecule has 0 amide bonds. The molecule has 1 heterocycles. The van der Waals surface area contributed by atoms with Crippen molar-refractivity contribution in [2.75, 3.05) is 19.1 Å². The van der Waals surface area contributed by atoms with Crippen molar-refractivity contribution in [2.45, 2.75) is 44.6 Å². The van der Waals surface area contributed by atoms with Crippen molar-refractivity contribution in [3.8, 4) is 0 Å². The van der Waals surface area contributed by atoms with Crippen LogP contribution in [0.3, 0.4) is 0 Å². The van der Waals surface area contributed by atoms with Crippen LogP contribution in [0.15, 0.2) is 0 Å². The molecule has 1 aliphatic heterocycles. The molecule has 152 valence electrons. The number of hydrogen-bond acceptors (Lipinski definition) is 12. The zero-order valence-electron chi connectivity index (χ0n) is 14.3. The fourth-order valence-electron chi connectivity index (χ4n) is 2.18. The summed E-state index contributed by atoms with van der Waals surface area (Å²) in [5.74, 6) is -1.78. The highest BCUT2D eigenvalue weighted by Gasteiger charge is 2.51. The zero-order chi connectivity index (χ0) is 20.3. The van der Waals surface area contributed by atoms with Gasteiger partial charge in [0.15, 0.2) is 24.6 Å². The van der Waals surface area contributed by atoms with Crippen LogP contribution in [-0.4, -0.2) is 83.7 Å². The van der Waals surface area contributed by atoms with Gasteiger partial charge in [0.1, 0.15) is 6.10 Å². The van der Waals surface area contributed by atoms with Crippen LogP contribution in [0.5, 0.6) is 0 Å². The molecule has 14 heteroatoms. The van der Waals surface area contributed by atoms with E-state index in [1.165, 1.54) is 0 Å². The Balaban J connectivity index is 3.25. The first-order valence-electron chi connectivity index (χ1n) is 7.10. The van der Waals surface area contributed by atoms with Crippen molar-refractivity contribution in [1.29, 1.82) is 0 Å². The van der Waals surface area contributed by atoms with Crippen LogP contribution >= 0.6 is 0 Å². The van der Waals surface area contributed by atoms with E-state index in [9.17, 15) is 31.5 Å². The highest BCUT2D eigenvalue weighted by Crippen LogP contribution is 2.29. The number of rotatable bonds is 7. The Kier molecular flexibility index (Phi) is 7.50. The van der Waals surface area contributed by atoms with E-state index in [-0.39, 0.29) is 0 Å². The summed E-state index contributed by atoms with van der Waals surface area (Å²) in [4.78, 5) is 22.6. The van der Waals surface area contributed by atoms with Crippen molar-refractivity contribution < 1.29 is 54.1 Å². The predicted octanol–water partition coefficient (Wildman–Crippen LogP) is -2.11. The minimum absolute atomic E-state index is 0.687. The van der Waals surface area contributed by atoms with Crippen LogP contribution in [0.4, 0.5) is 0 Å². The third kappa shape index (κ3) is 7.51. The van der Waals surface area contributed by atoms with Crippen molar-refractivity contribution in [3.05, 3.63) is 0 Å². The summed E-state index contributed by atoms with van der Waals surface area (Å²) >= 11 is 0. The van der Waals surface area contributed by atoms with Gasteiger partial charge in [-0.1, -0.05) is 0 Å². The molecule has 0 radical (unpaired) electrons. The molecule has 0 aromatic heterocycles. The van der Waals surface area contributed by atoms with Gasteiger partial charge in [-0.15, -0.1) is 0 Å². The molecule has 0 aliphatic carbocycles. The summed E-state index contributed by atoms with van der Waals surface area (Å²) in [6.45, 7) is 1.27. The monoisotopic (exact) mass is 420 g/mol. The molecule has 0 spiro atoms. The molecule has 0 unspecified atom stereocenters. The van der Waals surface area contributed by atoms with Crippen LogP contribution < -0.4 is 0 Å². The van der Waals surface area contributed by atoms with Crippen molar-refractivity contribution in [2.24, 2.45) is 0 Å². The summed E-state index contributed by atoms with van der Waals surface area (Å²) in [6, 6.07) is 0. The van der Waals surface area contributed by atoms with Gasteiger partial charge in [-0.25, -0.2) is 0 Å². The summed E-state index contributed by atoms with van der Waals surface area (Å²) < 4.78 is 69.6. The SMILES string of the molecule is CC(=O)O[C@@H]1[C@H](OS(C)(=O)=O)[C@@H](OC(C)=O)[C@@H](COS(C)(=O)=O)O[C@@H]1O. The molecular weight excluding hydrogens is 400 g/mol. The topological polar surface area (TPSA) is 169 Å². The molecule has 1 aliphatic rings. The first-order valence-corrected chi connectivity index (χ1v) is 10.7. The molecular formula is C12H20O12S2. The minimum atomic E-state index is -4.16. The molecule has 1 fully saturated rings. The highest BCUT2D eigenvalue weighted by atomic mass is 32.2. The van der Waals surface area contributed by atoms with Crippen LogP contribution in [0.2, 0.25) is 0 Å². The molecule has 26 heavy (non-hydrogen) atoms. The van der Waals surface area contributed by atoms with Crippen molar-refractivity contribution in [1.82, 2.24) is 0 Å². The summed E-state index contributed by atoms with van der Waals surface area (Å²) in [5, 5.41) is 10.0. The zero-order valence-corrected chi connectivity index (χ0v) is 16.0. The van der Waals surface area contributed by atoms with E-state index in [4.69, 9.17) is 18.4 Å². The van der Waals surface area contributed by atoms with E-state index in [1.807, 2.05) is 0 Å². The van der Waals surface area contributed by atoms with E-state index in [0.29, 0.717) is 6.26 Å². The lowest BCUT2D eigenvalue weighted by Gasteiger charge is -2.42. The highest BCUT2D eigenvalue weighted by molar-refractivity contribution is 7.86. The Labute approximate surface area is 150 Å². The normalized spacial score (nSPS) is 29.8. The standard InChI is InChI=1S/C12H20O12S2/c1-6(13)21-9-8(5-20-25(3,16)17)23-12(15)11(22-7(2)14)10(9)24-26(4,18)19/h8-12,15H,5H2,1-4H3/t8-,9+,10-,11-,12+/m1/s1. The smallest absolute Gasteiger partial charge is 0.303 e. The number of carbonyl (C=O) groups is 2. The van der Waals surface area contributed by atoms with Gasteiger partial charge in [-0.3, -0.25) is 18.0 Å². The van der Waals surface area contributed by atoms with Gasteiger partial charge in [-0.2, -0.15) is 16.8 Å². The molecule has 1 rings (SSSR count). The van der Waals surface area contributed by atoms with Gasteiger partial charge in [0.05, 0.1) is 19.1 Å². The lowest BCUT2D eigenvalue weighted by atomic mass is 9.99. The van der Waals surface area contributed by atoms with Gasteiger partial charge in [0, 0.05) is 13.8 Å². The second-order valence-corrected chi connectivity index (χ2v) is 8.71. The molecule has 0 bridgehead atoms. The van der Waals surface area contributed by atoms with E-state index in [0.717, 1.165) is 20.1 Å². The van der Waals surface area contributed by atoms with Gasteiger partial charge in [0.25, 0.3) is 20.2 Å². The van der Waals surface area contributed by atoms with Crippen LogP contribution in [0, 0.1) is 0 Å². The molecule has 1 saturated heterocycles. The lowest BCUT2D eigenvalue weighted by molar-refractivity contribution is -0.286. The van der Waals surface area contributed by atoms with E-state index in [1.54, 1.807) is 0 Å². The third-order valence-electron chi connectivity index (χ3n) is 2.95. The van der Waals surface area contributed by atoms with Crippen molar-refractivity contribution in [3.63, 3.8) is 0 Å². The maximum Gasteiger partial charge on any atom is 0.303 e. The Hall–Kier alpha value is -1.32. The number of ether oxygens (including phenoxy) is 3. The largest absolute Gasteiger partial charge is 0.457 e. The fraction of sp³-hybridized carbons (Fsp3) is 0.833. The van der Waals surface area contributed by atoms with Crippen LogP contribution in [-0.2, 0) is 52.4 Å². The maximum absolute atomic E-state index is 11.5. The van der Waals surface area contributed by atoms with Gasteiger partial charge in [0.2, 0.25) is 0 Å². The number of aliphatic hydroxyl groups excluding tert-OH is 1. The number of hydrogen-bond donors (Lipinski definition) is 1. The second kappa shape index (κ2) is 8.58. The van der Waals surface area contributed by atoms with Gasteiger partial charge >= 0.3 is 11.9 Å². The van der Waals surface area contributed by atoms with E-state index in [2.05, 4.69) is 4.18 Å². The maximum atomic E-state index is 11.5. The number of esters is 2. The summed E-state index contributed by atoms with van der Waals surface area (Å²) in [6.07, 6.45) is -6.81. The number of aliphatic hydroxyl groups is 1. The average Bonchev–Trinajstić information content (AvgIpc) is 2.41. The Morgan fingerprint density at radius 3 is 1.85 bits per heavy atom. The summed E-state index contributed by atoms with van der Waals surface area (Å²) in [7, 11) is -8.08. The number of carbonyl (C=O) groups excluding carboxylic acids is 2. The average molecular weight is 420 g/mol. The Morgan fingerprint density at radius 2 is 1.42 bits per heavy atom. The first-order chi connectivity index (χ1) is 11.7. The fourth-order valence-corrected chi connectivity index (χ4v) is 3.19. The first kappa shape index (κ1) is 22.7. The molecule has 5 atom stereocenters.